The molecule has 0 aliphatic rings. The molecule has 0 heterocycles. The highest BCUT2D eigenvalue weighted by atomic mass is 35.5. The number of methoxy groups -OCH3 is 1. The summed E-state index contributed by atoms with van der Waals surface area (Å²) in [4.78, 5) is 10.6. The van der Waals surface area contributed by atoms with Crippen molar-refractivity contribution in [3.8, 4) is 0 Å². The van der Waals surface area contributed by atoms with Gasteiger partial charge < -0.3 is 10.5 Å². The van der Waals surface area contributed by atoms with Crippen LogP contribution in [0.1, 0.15) is 6.92 Å². The van der Waals surface area contributed by atoms with Gasteiger partial charge in [-0.25, -0.2) is 0 Å². The molecule has 0 bridgehead atoms. The van der Waals surface area contributed by atoms with Gasteiger partial charge in [-0.2, -0.15) is 0 Å². The minimum absolute atomic E-state index is 0.0691. The number of hydrogen-bond acceptors (Lipinski definition) is 3. The van der Waals surface area contributed by atoms with E-state index < -0.39 is 11.5 Å². The van der Waals surface area contributed by atoms with E-state index in [-0.39, 0.29) is 5.88 Å². The second-order valence-corrected chi connectivity index (χ2v) is 2.31. The number of ether oxygens (including phenoxy) is 1. The molecule has 0 saturated heterocycles. The molecule has 0 saturated carbocycles. The van der Waals surface area contributed by atoms with E-state index in [1.165, 1.54) is 14.0 Å². The molecular weight excluding hydrogens is 142 g/mol. The summed E-state index contributed by atoms with van der Waals surface area (Å²) in [6, 6.07) is 0. The maximum atomic E-state index is 10.6. The van der Waals surface area contributed by atoms with Crippen LogP contribution in [0, 0.1) is 0 Å². The first-order valence-electron chi connectivity index (χ1n) is 2.48. The molecule has 0 aromatic rings. The van der Waals surface area contributed by atoms with Gasteiger partial charge in [-0.05, 0) is 6.92 Å². The van der Waals surface area contributed by atoms with Gasteiger partial charge in [0.25, 0.3) is 0 Å². The third kappa shape index (κ3) is 2.20. The van der Waals surface area contributed by atoms with Crippen LogP contribution in [0.2, 0.25) is 0 Å². The van der Waals surface area contributed by atoms with Crippen molar-refractivity contribution in [1.29, 1.82) is 0 Å². The van der Waals surface area contributed by atoms with Crippen LogP contribution in [-0.4, -0.2) is 24.5 Å². The van der Waals surface area contributed by atoms with Crippen molar-refractivity contribution in [2.75, 3.05) is 13.0 Å². The van der Waals surface area contributed by atoms with Gasteiger partial charge in [0.2, 0.25) is 0 Å². The Labute approximate surface area is 59.1 Å². The molecule has 0 aromatic heterocycles. The van der Waals surface area contributed by atoms with E-state index in [0.29, 0.717) is 0 Å². The smallest absolute Gasteiger partial charge is 0.326 e. The average Bonchev–Trinajstić information content (AvgIpc) is 1.86. The van der Waals surface area contributed by atoms with Crippen LogP contribution >= 0.6 is 11.6 Å². The van der Waals surface area contributed by atoms with Gasteiger partial charge in [-0.3, -0.25) is 4.79 Å². The van der Waals surface area contributed by atoms with Crippen molar-refractivity contribution in [3.05, 3.63) is 0 Å². The lowest BCUT2D eigenvalue weighted by Gasteiger charge is -2.16. The zero-order valence-corrected chi connectivity index (χ0v) is 6.23. The van der Waals surface area contributed by atoms with Gasteiger partial charge in [0, 0.05) is 0 Å². The second-order valence-electron chi connectivity index (χ2n) is 2.04. The fourth-order valence-electron chi connectivity index (χ4n) is 0.288. The van der Waals surface area contributed by atoms with E-state index in [4.69, 9.17) is 17.3 Å². The number of rotatable bonds is 2. The normalized spacial score (nSPS) is 16.4. The van der Waals surface area contributed by atoms with Gasteiger partial charge >= 0.3 is 5.97 Å². The summed E-state index contributed by atoms with van der Waals surface area (Å²) < 4.78 is 4.36. The predicted molar refractivity (Wildman–Crippen MR) is 35.3 cm³/mol. The van der Waals surface area contributed by atoms with E-state index in [1.54, 1.807) is 0 Å². The highest BCUT2D eigenvalue weighted by Gasteiger charge is 2.27. The summed E-state index contributed by atoms with van der Waals surface area (Å²) in [5, 5.41) is 0. The van der Waals surface area contributed by atoms with Crippen molar-refractivity contribution >= 4 is 17.6 Å². The van der Waals surface area contributed by atoms with Crippen molar-refractivity contribution < 1.29 is 9.53 Å². The molecule has 0 amide bonds. The Morgan fingerprint density at radius 2 is 2.33 bits per heavy atom. The summed E-state index contributed by atoms with van der Waals surface area (Å²) in [5.74, 6) is -0.419. The molecule has 0 spiro atoms. The van der Waals surface area contributed by atoms with Crippen LogP contribution in [-0.2, 0) is 9.53 Å². The Bertz CT molecular complexity index is 114. The number of hydrogen-bond donors (Lipinski definition) is 1. The molecule has 4 heteroatoms. The van der Waals surface area contributed by atoms with Gasteiger partial charge in [-0.15, -0.1) is 11.6 Å². The molecule has 0 rings (SSSR count). The summed E-state index contributed by atoms with van der Waals surface area (Å²) in [6.45, 7) is 1.52. The average molecular weight is 152 g/mol. The van der Waals surface area contributed by atoms with Crippen molar-refractivity contribution in [2.24, 2.45) is 5.73 Å². The van der Waals surface area contributed by atoms with E-state index in [0.717, 1.165) is 0 Å². The number of esters is 1. The van der Waals surface area contributed by atoms with Crippen LogP contribution in [0.5, 0.6) is 0 Å². The number of carbonyl (C=O) groups is 1. The largest absolute Gasteiger partial charge is 0.468 e. The second kappa shape index (κ2) is 3.03. The van der Waals surface area contributed by atoms with Crippen LogP contribution < -0.4 is 5.73 Å². The molecule has 1 atom stereocenters. The van der Waals surface area contributed by atoms with Crippen molar-refractivity contribution in [1.82, 2.24) is 0 Å². The Morgan fingerprint density at radius 3 is 2.44 bits per heavy atom. The first kappa shape index (κ1) is 8.72. The van der Waals surface area contributed by atoms with Crippen LogP contribution in [0.25, 0.3) is 0 Å². The lowest BCUT2D eigenvalue weighted by atomic mass is 10.1. The summed E-state index contributed by atoms with van der Waals surface area (Å²) in [6.07, 6.45) is 0. The Hall–Kier alpha value is -0.280. The zero-order valence-electron chi connectivity index (χ0n) is 5.48. The quantitative estimate of drug-likeness (QED) is 0.451. The number of nitrogens with two attached hydrogens (primary N) is 1. The number of alkyl halides is 1. The monoisotopic (exact) mass is 151 g/mol. The van der Waals surface area contributed by atoms with Crippen molar-refractivity contribution in [2.45, 2.75) is 12.5 Å². The SMILES string of the molecule is COC(=O)[C@](C)(N)CCl. The molecule has 0 fully saturated rings. The molecule has 0 aliphatic carbocycles. The molecule has 3 nitrogen and oxygen atoms in total. The topological polar surface area (TPSA) is 52.3 Å². The summed E-state index contributed by atoms with van der Waals surface area (Å²) in [7, 11) is 1.28. The van der Waals surface area contributed by atoms with Gasteiger partial charge in [0.15, 0.2) is 0 Å². The number of halogens is 1. The van der Waals surface area contributed by atoms with Crippen LogP contribution in [0.4, 0.5) is 0 Å². The molecule has 9 heavy (non-hydrogen) atoms. The van der Waals surface area contributed by atoms with Crippen molar-refractivity contribution in [3.63, 3.8) is 0 Å². The third-order valence-electron chi connectivity index (χ3n) is 0.929. The molecule has 54 valence electrons. The van der Waals surface area contributed by atoms with Gasteiger partial charge in [-0.1, -0.05) is 0 Å². The predicted octanol–water partition coefficient (Wildman–Crippen LogP) is 0.116. The highest BCUT2D eigenvalue weighted by molar-refractivity contribution is 6.20. The van der Waals surface area contributed by atoms with E-state index in [1.807, 2.05) is 0 Å². The van der Waals surface area contributed by atoms with Gasteiger partial charge in [0.05, 0.1) is 13.0 Å². The van der Waals surface area contributed by atoms with E-state index >= 15 is 0 Å². The maximum Gasteiger partial charge on any atom is 0.326 e. The van der Waals surface area contributed by atoms with Crippen LogP contribution in [0.15, 0.2) is 0 Å². The standard InChI is InChI=1S/C5H10ClNO2/c1-5(7,3-6)4(8)9-2/h3,7H2,1-2H3/t5-/m1/s1. The molecule has 0 unspecified atom stereocenters. The fourth-order valence-corrected chi connectivity index (χ4v) is 0.397. The lowest BCUT2D eigenvalue weighted by molar-refractivity contribution is -0.145. The first-order valence-corrected chi connectivity index (χ1v) is 3.01. The fraction of sp³-hybridized carbons (Fsp3) is 0.800. The molecule has 0 aromatic carbocycles. The van der Waals surface area contributed by atoms with Crippen LogP contribution in [0.3, 0.4) is 0 Å². The Kier molecular flexibility index (Phi) is 2.94. The van der Waals surface area contributed by atoms with Gasteiger partial charge in [0.1, 0.15) is 5.54 Å². The Balaban J connectivity index is 3.97. The summed E-state index contributed by atoms with van der Waals surface area (Å²) in [5.41, 5.74) is 4.32. The molecule has 0 aliphatic heterocycles. The Morgan fingerprint density at radius 1 is 1.89 bits per heavy atom. The zero-order chi connectivity index (χ0) is 7.49. The molecule has 0 radical (unpaired) electrons. The minimum Gasteiger partial charge on any atom is -0.468 e. The first-order chi connectivity index (χ1) is 4.04. The number of carbonyl (C=O) groups excluding carboxylic acids is 1. The minimum atomic E-state index is -1.05. The highest BCUT2D eigenvalue weighted by Crippen LogP contribution is 2.02. The molecule has 2 N–H and O–H groups in total. The lowest BCUT2D eigenvalue weighted by Crippen LogP contribution is -2.47. The van der Waals surface area contributed by atoms with E-state index in [2.05, 4.69) is 4.74 Å². The maximum absolute atomic E-state index is 10.6. The third-order valence-corrected chi connectivity index (χ3v) is 1.48. The summed E-state index contributed by atoms with van der Waals surface area (Å²) >= 11 is 5.34. The van der Waals surface area contributed by atoms with E-state index in [9.17, 15) is 4.79 Å². The molecular formula is C5H10ClNO2.